The van der Waals surface area contributed by atoms with Gasteiger partial charge in [0.05, 0.1) is 10.2 Å². The van der Waals surface area contributed by atoms with E-state index in [2.05, 4.69) is 35.7 Å². The third-order valence-corrected chi connectivity index (χ3v) is 7.61. The Kier molecular flexibility index (Phi) is 5.82. The van der Waals surface area contributed by atoms with Gasteiger partial charge in [-0.2, -0.15) is 4.98 Å². The number of anilines is 3. The van der Waals surface area contributed by atoms with Crippen LogP contribution in [0.15, 0.2) is 33.7 Å². The number of para-hydroxylation sites is 1. The summed E-state index contributed by atoms with van der Waals surface area (Å²) in [5.74, 6) is 1.93. The fourth-order valence-electron chi connectivity index (χ4n) is 4.71. The lowest BCUT2D eigenvalue weighted by Crippen LogP contribution is -2.48. The van der Waals surface area contributed by atoms with Crippen molar-refractivity contribution in [2.45, 2.75) is 25.8 Å². The molecule has 0 spiro atoms. The minimum absolute atomic E-state index is 0.181. The molecule has 0 aliphatic carbocycles. The van der Waals surface area contributed by atoms with E-state index in [9.17, 15) is 4.79 Å². The fourth-order valence-corrected chi connectivity index (χ4v) is 5.71. The van der Waals surface area contributed by atoms with Crippen molar-refractivity contribution in [3.05, 3.63) is 40.3 Å². The molecule has 4 aromatic rings. The first-order valence-electron chi connectivity index (χ1n) is 11.9. The van der Waals surface area contributed by atoms with E-state index in [1.54, 1.807) is 0 Å². The summed E-state index contributed by atoms with van der Waals surface area (Å²) in [6, 6.07) is 8.14. The lowest BCUT2D eigenvalue weighted by atomic mass is 10.1. The second kappa shape index (κ2) is 9.27. The molecule has 2 aliphatic rings. The van der Waals surface area contributed by atoms with Crippen molar-refractivity contribution in [3.8, 4) is 10.6 Å². The van der Waals surface area contributed by atoms with Crippen molar-refractivity contribution in [2.24, 2.45) is 0 Å². The highest BCUT2D eigenvalue weighted by Crippen LogP contribution is 2.33. The highest BCUT2D eigenvalue weighted by Gasteiger charge is 2.26. The average Bonchev–Trinajstić information content (AvgIpc) is 3.50. The molecule has 0 amide bonds. The van der Waals surface area contributed by atoms with Crippen LogP contribution in [0.5, 0.6) is 0 Å². The van der Waals surface area contributed by atoms with Gasteiger partial charge in [-0.3, -0.25) is 9.78 Å². The van der Waals surface area contributed by atoms with Gasteiger partial charge in [-0.15, -0.1) is 11.3 Å². The van der Waals surface area contributed by atoms with Gasteiger partial charge in [-0.05, 0) is 43.6 Å². The summed E-state index contributed by atoms with van der Waals surface area (Å²) in [6.07, 6.45) is 2.11. The van der Waals surface area contributed by atoms with Crippen molar-refractivity contribution in [1.82, 2.24) is 30.6 Å². The van der Waals surface area contributed by atoms with Gasteiger partial charge in [0.15, 0.2) is 5.82 Å². The summed E-state index contributed by atoms with van der Waals surface area (Å²) in [4.78, 5) is 30.4. The Balaban J connectivity index is 1.32. The Labute approximate surface area is 205 Å². The largest absolute Gasteiger partial charge is 0.365 e. The Morgan fingerprint density at radius 2 is 1.94 bits per heavy atom. The van der Waals surface area contributed by atoms with Crippen LogP contribution in [0.25, 0.3) is 20.8 Å². The Bertz CT molecular complexity index is 1350. The van der Waals surface area contributed by atoms with Gasteiger partial charge >= 0.3 is 0 Å². The van der Waals surface area contributed by atoms with Crippen LogP contribution in [-0.2, 0) is 0 Å². The molecule has 1 atom stereocenters. The number of aromatic amines is 1. The van der Waals surface area contributed by atoms with Gasteiger partial charge in [-0.25, -0.2) is 9.61 Å². The van der Waals surface area contributed by atoms with Crippen LogP contribution in [0, 0.1) is 6.92 Å². The van der Waals surface area contributed by atoms with Gasteiger partial charge in [-0.1, -0.05) is 17.3 Å². The van der Waals surface area contributed by atoms with Gasteiger partial charge < -0.3 is 20.4 Å². The number of hydrogen-bond acceptors (Lipinski definition) is 11. The smallest absolute Gasteiger partial charge is 0.264 e. The highest BCUT2D eigenvalue weighted by molar-refractivity contribution is 7.21. The van der Waals surface area contributed by atoms with Gasteiger partial charge in [0.25, 0.3) is 5.56 Å². The van der Waals surface area contributed by atoms with Gasteiger partial charge in [0.1, 0.15) is 22.1 Å². The summed E-state index contributed by atoms with van der Waals surface area (Å²) in [5, 5.41) is 15.6. The zero-order chi connectivity index (χ0) is 23.8. The molecule has 182 valence electrons. The maximum atomic E-state index is 13.5. The van der Waals surface area contributed by atoms with Gasteiger partial charge in [0, 0.05) is 38.8 Å². The molecular formula is C23H27N9O2S. The minimum Gasteiger partial charge on any atom is -0.365 e. The van der Waals surface area contributed by atoms with E-state index in [-0.39, 0.29) is 11.6 Å². The third kappa shape index (κ3) is 4.34. The van der Waals surface area contributed by atoms with Crippen LogP contribution in [0.2, 0.25) is 0 Å². The Morgan fingerprint density at radius 1 is 1.11 bits per heavy atom. The number of thiazole rings is 1. The molecule has 11 nitrogen and oxygen atoms in total. The molecule has 1 aromatic carbocycles. The van der Waals surface area contributed by atoms with E-state index < -0.39 is 0 Å². The van der Waals surface area contributed by atoms with Gasteiger partial charge in [0.2, 0.25) is 5.95 Å². The molecule has 3 aromatic heterocycles. The van der Waals surface area contributed by atoms with Crippen molar-refractivity contribution >= 4 is 39.1 Å². The number of H-pyrrole nitrogens is 1. The van der Waals surface area contributed by atoms with E-state index in [1.165, 1.54) is 11.3 Å². The molecule has 2 aliphatic heterocycles. The van der Waals surface area contributed by atoms with E-state index >= 15 is 0 Å². The fraction of sp³-hybridized carbons (Fsp3) is 0.435. The minimum atomic E-state index is -0.181. The number of aromatic nitrogens is 5. The maximum Gasteiger partial charge on any atom is 0.264 e. The zero-order valence-corrected chi connectivity index (χ0v) is 20.3. The first-order valence-corrected chi connectivity index (χ1v) is 12.7. The monoisotopic (exact) mass is 493 g/mol. The van der Waals surface area contributed by atoms with Crippen molar-refractivity contribution in [3.63, 3.8) is 0 Å². The summed E-state index contributed by atoms with van der Waals surface area (Å²) in [6.45, 7) is 6.59. The van der Waals surface area contributed by atoms with Crippen LogP contribution in [-0.4, -0.2) is 70.6 Å². The predicted octanol–water partition coefficient (Wildman–Crippen LogP) is 2.23. The molecule has 12 heteroatoms. The first kappa shape index (κ1) is 22.0. The number of rotatable bonds is 5. The molecule has 3 N–H and O–H groups in total. The number of fused-ring (bicyclic) bond motifs is 1. The summed E-state index contributed by atoms with van der Waals surface area (Å²) < 4.78 is 5.90. The first-order chi connectivity index (χ1) is 17.2. The van der Waals surface area contributed by atoms with Crippen molar-refractivity contribution < 1.29 is 4.63 Å². The molecule has 0 saturated carbocycles. The Morgan fingerprint density at radius 3 is 2.69 bits per heavy atom. The summed E-state index contributed by atoms with van der Waals surface area (Å²) >= 11 is 1.51. The summed E-state index contributed by atoms with van der Waals surface area (Å²) in [5.41, 5.74) is 1.98. The van der Waals surface area contributed by atoms with Crippen LogP contribution >= 0.6 is 11.3 Å². The molecule has 35 heavy (non-hydrogen) atoms. The lowest BCUT2D eigenvalue weighted by molar-refractivity contribution is 0.304. The van der Waals surface area contributed by atoms with Crippen LogP contribution in [0.4, 0.5) is 17.6 Å². The van der Waals surface area contributed by atoms with E-state index in [0.29, 0.717) is 35.4 Å². The topological polar surface area (TPSA) is 128 Å². The molecule has 5 heterocycles. The second-order valence-corrected chi connectivity index (χ2v) is 9.97. The lowest BCUT2D eigenvalue weighted by Gasteiger charge is -2.35. The Hall–Kier alpha value is -3.51. The maximum absolute atomic E-state index is 13.5. The molecular weight excluding hydrogens is 466 g/mol. The second-order valence-electron chi connectivity index (χ2n) is 8.93. The number of piperazine rings is 1. The number of hydrogen-bond donors (Lipinski definition) is 3. The molecule has 2 saturated heterocycles. The number of aryl methyl sites for hydroxylation is 1. The SMILES string of the molecule is Cc1nonc1N1CCN(c2nc(N[C@@H]3CCCNC3)c(-c3nc4ccccc4s3)c(=O)[nH]2)CC1. The van der Waals surface area contributed by atoms with E-state index in [4.69, 9.17) is 14.6 Å². The molecule has 6 rings (SSSR count). The number of piperidine rings is 1. The van der Waals surface area contributed by atoms with E-state index in [1.807, 2.05) is 31.2 Å². The van der Waals surface area contributed by atoms with Crippen LogP contribution < -0.4 is 26.0 Å². The standard InChI is InChI=1S/C23H27N9O2S/c1-14-20(30-34-29-14)31-9-11-32(12-10-31)23-27-19(25-15-5-4-8-24-13-15)18(21(33)28-23)22-26-16-6-2-3-7-17(16)35-22/h2-3,6-7,15,24H,4-5,8-13H2,1H3,(H2,25,27,28,33)/t15-/m1/s1. The molecule has 0 radical (unpaired) electrons. The number of nitrogens with zero attached hydrogens (tertiary/aromatic N) is 6. The van der Waals surface area contributed by atoms with Crippen molar-refractivity contribution in [2.75, 3.05) is 54.4 Å². The zero-order valence-electron chi connectivity index (χ0n) is 19.5. The molecule has 0 unspecified atom stereocenters. The highest BCUT2D eigenvalue weighted by atomic mass is 32.1. The quantitative estimate of drug-likeness (QED) is 0.381. The average molecular weight is 494 g/mol. The summed E-state index contributed by atoms with van der Waals surface area (Å²) in [7, 11) is 0. The predicted molar refractivity (Wildman–Crippen MR) is 136 cm³/mol. The van der Waals surface area contributed by atoms with E-state index in [0.717, 1.165) is 60.7 Å². The number of nitrogens with one attached hydrogen (secondary N) is 3. The molecule has 2 fully saturated rings. The van der Waals surface area contributed by atoms with Crippen LogP contribution in [0.1, 0.15) is 18.5 Å². The van der Waals surface area contributed by atoms with Crippen molar-refractivity contribution in [1.29, 1.82) is 0 Å². The van der Waals surface area contributed by atoms with Crippen LogP contribution in [0.3, 0.4) is 0 Å². The number of benzene rings is 1. The normalized spacial score (nSPS) is 18.8. The third-order valence-electron chi connectivity index (χ3n) is 6.56. The molecule has 0 bridgehead atoms.